The summed E-state index contributed by atoms with van der Waals surface area (Å²) in [4.78, 5) is 12.1. The Balaban J connectivity index is 1.54. The maximum atomic E-state index is 12.3. The molecule has 0 saturated heterocycles. The van der Waals surface area contributed by atoms with Crippen molar-refractivity contribution in [2.75, 3.05) is 7.11 Å². The van der Waals surface area contributed by atoms with E-state index in [1.807, 2.05) is 0 Å². The molecular formula is C20H18ClN3O5S. The molecule has 3 aromatic rings. The van der Waals surface area contributed by atoms with Crippen LogP contribution < -0.4 is 14.9 Å². The van der Waals surface area contributed by atoms with E-state index in [1.165, 1.54) is 30.5 Å². The average molecular weight is 448 g/mol. The first-order valence-electron chi connectivity index (χ1n) is 8.69. The van der Waals surface area contributed by atoms with Crippen molar-refractivity contribution in [2.45, 2.75) is 11.4 Å². The molecule has 0 saturated carbocycles. The molecule has 10 heteroatoms. The fourth-order valence-corrected chi connectivity index (χ4v) is 3.50. The van der Waals surface area contributed by atoms with E-state index < -0.39 is 15.9 Å². The van der Waals surface area contributed by atoms with Crippen LogP contribution in [-0.4, -0.2) is 27.6 Å². The number of sulfonamides is 1. The van der Waals surface area contributed by atoms with Crippen LogP contribution in [0.3, 0.4) is 0 Å². The Morgan fingerprint density at radius 2 is 1.80 bits per heavy atom. The van der Waals surface area contributed by atoms with Gasteiger partial charge in [-0.1, -0.05) is 11.6 Å². The molecule has 0 aliphatic carbocycles. The molecule has 0 bridgehead atoms. The summed E-state index contributed by atoms with van der Waals surface area (Å²) in [5, 5.41) is 4.29. The van der Waals surface area contributed by atoms with Gasteiger partial charge < -0.3 is 9.15 Å². The lowest BCUT2D eigenvalue weighted by Gasteiger charge is -2.05. The van der Waals surface area contributed by atoms with Gasteiger partial charge in [-0.05, 0) is 60.7 Å². The Labute approximate surface area is 178 Å². The van der Waals surface area contributed by atoms with Crippen LogP contribution in [0.15, 0.2) is 75.1 Å². The molecule has 1 heterocycles. The standard InChI is InChI=1S/C20H18ClN3O5S/c1-28-16-6-2-14(3-7-16)20(25)24-22-12-17-8-9-18(29-17)13-23-30(26,27)19-10-4-15(21)5-11-19/h2-12,23H,13H2,1H3,(H,24,25)/b22-12-. The molecular weight excluding hydrogens is 430 g/mol. The van der Waals surface area contributed by atoms with E-state index in [4.69, 9.17) is 20.8 Å². The van der Waals surface area contributed by atoms with Crippen LogP contribution in [0.25, 0.3) is 0 Å². The first-order chi connectivity index (χ1) is 14.4. The minimum absolute atomic E-state index is 0.0446. The Morgan fingerprint density at radius 3 is 2.47 bits per heavy atom. The summed E-state index contributed by atoms with van der Waals surface area (Å²) in [7, 11) is -2.16. The van der Waals surface area contributed by atoms with Crippen LogP contribution in [0.1, 0.15) is 21.9 Å². The quantitative estimate of drug-likeness (QED) is 0.407. The summed E-state index contributed by atoms with van der Waals surface area (Å²) in [6, 6.07) is 15.6. The van der Waals surface area contributed by atoms with Crippen molar-refractivity contribution >= 4 is 33.7 Å². The van der Waals surface area contributed by atoms with Gasteiger partial charge in [0.05, 0.1) is 24.8 Å². The summed E-state index contributed by atoms with van der Waals surface area (Å²) in [6.45, 7) is -0.0446. The second-order valence-corrected chi connectivity index (χ2v) is 8.21. The number of methoxy groups -OCH3 is 1. The van der Waals surface area contributed by atoms with Crippen molar-refractivity contribution in [3.05, 3.63) is 82.8 Å². The van der Waals surface area contributed by atoms with Crippen LogP contribution in [0.4, 0.5) is 0 Å². The number of nitrogens with one attached hydrogen (secondary N) is 2. The van der Waals surface area contributed by atoms with E-state index in [0.717, 1.165) is 0 Å². The van der Waals surface area contributed by atoms with E-state index in [2.05, 4.69) is 15.2 Å². The number of benzene rings is 2. The molecule has 0 aliphatic rings. The first-order valence-corrected chi connectivity index (χ1v) is 10.5. The molecule has 0 spiro atoms. The first kappa shape index (κ1) is 21.6. The summed E-state index contributed by atoms with van der Waals surface area (Å²) < 4.78 is 37.5. The highest BCUT2D eigenvalue weighted by Gasteiger charge is 2.14. The highest BCUT2D eigenvalue weighted by molar-refractivity contribution is 7.89. The largest absolute Gasteiger partial charge is 0.497 e. The van der Waals surface area contributed by atoms with Gasteiger partial charge in [0.15, 0.2) is 0 Å². The van der Waals surface area contributed by atoms with Crippen LogP contribution in [-0.2, 0) is 16.6 Å². The normalized spacial score (nSPS) is 11.5. The Kier molecular flexibility index (Phi) is 6.88. The topological polar surface area (TPSA) is 110 Å². The van der Waals surface area contributed by atoms with Gasteiger partial charge in [0.25, 0.3) is 5.91 Å². The molecule has 0 unspecified atom stereocenters. The van der Waals surface area contributed by atoms with E-state index in [9.17, 15) is 13.2 Å². The minimum atomic E-state index is -3.70. The van der Waals surface area contributed by atoms with Gasteiger partial charge in [0.2, 0.25) is 10.0 Å². The number of amides is 1. The highest BCUT2D eigenvalue weighted by atomic mass is 35.5. The van der Waals surface area contributed by atoms with E-state index in [0.29, 0.717) is 27.9 Å². The number of ether oxygens (including phenoxy) is 1. The van der Waals surface area contributed by atoms with Gasteiger partial charge in [-0.3, -0.25) is 4.79 Å². The Hall–Kier alpha value is -3.14. The SMILES string of the molecule is COc1ccc(C(=O)N/N=C\c2ccc(CNS(=O)(=O)c3ccc(Cl)cc3)o2)cc1. The van der Waals surface area contributed by atoms with Gasteiger partial charge in [0.1, 0.15) is 17.3 Å². The molecule has 0 aliphatic heterocycles. The number of hydrazone groups is 1. The number of halogens is 1. The van der Waals surface area contributed by atoms with E-state index in [-0.39, 0.29) is 11.4 Å². The molecule has 0 atom stereocenters. The van der Waals surface area contributed by atoms with E-state index >= 15 is 0 Å². The number of rotatable bonds is 8. The lowest BCUT2D eigenvalue weighted by Crippen LogP contribution is -2.22. The molecule has 2 N–H and O–H groups in total. The van der Waals surface area contributed by atoms with Crippen molar-refractivity contribution in [2.24, 2.45) is 5.10 Å². The molecule has 0 fully saturated rings. The number of hydrogen-bond acceptors (Lipinski definition) is 6. The van der Waals surface area contributed by atoms with Gasteiger partial charge >= 0.3 is 0 Å². The maximum absolute atomic E-state index is 12.3. The molecule has 30 heavy (non-hydrogen) atoms. The second-order valence-electron chi connectivity index (χ2n) is 6.01. The molecule has 1 amide bonds. The van der Waals surface area contributed by atoms with Crippen LogP contribution in [0, 0.1) is 0 Å². The zero-order valence-corrected chi connectivity index (χ0v) is 17.4. The van der Waals surface area contributed by atoms with Crippen LogP contribution >= 0.6 is 11.6 Å². The Bertz CT molecular complexity index is 1140. The van der Waals surface area contributed by atoms with Crippen molar-refractivity contribution in [3.8, 4) is 5.75 Å². The van der Waals surface area contributed by atoms with Gasteiger partial charge in [-0.25, -0.2) is 18.6 Å². The van der Waals surface area contributed by atoms with Gasteiger partial charge in [0, 0.05) is 10.6 Å². The zero-order chi connectivity index (χ0) is 21.6. The lowest BCUT2D eigenvalue weighted by molar-refractivity contribution is 0.0955. The fraction of sp³-hybridized carbons (Fsp3) is 0.100. The summed E-state index contributed by atoms with van der Waals surface area (Å²) in [6.07, 6.45) is 1.32. The van der Waals surface area contributed by atoms with Crippen LogP contribution in [0.5, 0.6) is 5.75 Å². The summed E-state index contributed by atoms with van der Waals surface area (Å²) >= 11 is 5.77. The maximum Gasteiger partial charge on any atom is 0.271 e. The molecule has 8 nitrogen and oxygen atoms in total. The van der Waals surface area contributed by atoms with E-state index in [1.54, 1.807) is 43.5 Å². The molecule has 0 radical (unpaired) electrons. The van der Waals surface area contributed by atoms with Crippen molar-refractivity contribution in [1.82, 2.24) is 10.1 Å². The molecule has 1 aromatic heterocycles. The smallest absolute Gasteiger partial charge is 0.271 e. The number of nitrogens with zero attached hydrogens (tertiary/aromatic N) is 1. The predicted molar refractivity (Wildman–Crippen MR) is 112 cm³/mol. The van der Waals surface area contributed by atoms with Crippen molar-refractivity contribution < 1.29 is 22.4 Å². The van der Waals surface area contributed by atoms with Crippen molar-refractivity contribution in [3.63, 3.8) is 0 Å². The predicted octanol–water partition coefficient (Wildman–Crippen LogP) is 3.18. The van der Waals surface area contributed by atoms with Gasteiger partial charge in [-0.15, -0.1) is 0 Å². The van der Waals surface area contributed by atoms with Crippen molar-refractivity contribution in [1.29, 1.82) is 0 Å². The number of hydrogen-bond donors (Lipinski definition) is 2. The number of carbonyl (C=O) groups excluding carboxylic acids is 1. The second kappa shape index (κ2) is 9.57. The number of carbonyl (C=O) groups is 1. The molecule has 3 rings (SSSR count). The minimum Gasteiger partial charge on any atom is -0.497 e. The monoisotopic (exact) mass is 447 g/mol. The lowest BCUT2D eigenvalue weighted by atomic mass is 10.2. The number of furan rings is 1. The zero-order valence-electron chi connectivity index (χ0n) is 15.8. The molecule has 156 valence electrons. The average Bonchev–Trinajstić information content (AvgIpc) is 3.20. The third-order valence-electron chi connectivity index (χ3n) is 3.95. The van der Waals surface area contributed by atoms with Crippen LogP contribution in [0.2, 0.25) is 5.02 Å². The fourth-order valence-electron chi connectivity index (χ4n) is 2.38. The Morgan fingerprint density at radius 1 is 1.10 bits per heavy atom. The molecule has 2 aromatic carbocycles. The summed E-state index contributed by atoms with van der Waals surface area (Å²) in [5.74, 6) is 0.988. The summed E-state index contributed by atoms with van der Waals surface area (Å²) in [5.41, 5.74) is 2.80. The third-order valence-corrected chi connectivity index (χ3v) is 5.62. The third kappa shape index (κ3) is 5.69. The van der Waals surface area contributed by atoms with Gasteiger partial charge in [-0.2, -0.15) is 5.10 Å². The highest BCUT2D eigenvalue weighted by Crippen LogP contribution is 2.15.